The second-order valence-electron chi connectivity index (χ2n) is 7.97. The Balaban J connectivity index is 1.53. The molecule has 0 saturated heterocycles. The van der Waals surface area contributed by atoms with Crippen LogP contribution in [0.15, 0.2) is 103 Å². The van der Waals surface area contributed by atoms with E-state index in [9.17, 15) is 5.26 Å². The Bertz CT molecular complexity index is 1400. The zero-order valence-corrected chi connectivity index (χ0v) is 18.9. The van der Waals surface area contributed by atoms with Crippen LogP contribution in [-0.4, -0.2) is 11.5 Å². The topological polar surface area (TPSA) is 48.7 Å². The number of nitrogens with zero attached hydrogens (tertiary/aromatic N) is 2. The van der Waals surface area contributed by atoms with Crippen molar-refractivity contribution in [2.24, 2.45) is 0 Å². The minimum atomic E-state index is 0.0164. The second kappa shape index (κ2) is 9.79. The third kappa shape index (κ3) is 4.56. The lowest BCUT2D eigenvalue weighted by Crippen LogP contribution is -2.24. The normalized spacial score (nSPS) is 11.8. The Morgan fingerprint density at radius 1 is 0.879 bits per heavy atom. The number of hydrogen-bond donors (Lipinski definition) is 1. The molecule has 0 bridgehead atoms. The van der Waals surface area contributed by atoms with Crippen molar-refractivity contribution in [1.82, 2.24) is 10.3 Å². The van der Waals surface area contributed by atoms with Gasteiger partial charge in [-0.1, -0.05) is 78.9 Å². The average molecular weight is 446 g/mol. The van der Waals surface area contributed by atoms with Gasteiger partial charge in [-0.25, -0.2) is 0 Å². The zero-order valence-electron chi connectivity index (χ0n) is 18.1. The molecule has 0 radical (unpaired) electrons. The SMILES string of the molecule is N#Cc1ccc(C(NCCc2ccccc2)c2cncs2)cc1-c1cccc2ccccc12. The number of aromatic nitrogens is 1. The van der Waals surface area contributed by atoms with E-state index in [0.717, 1.165) is 39.9 Å². The Hall–Kier alpha value is -3.78. The molecule has 4 heteroatoms. The van der Waals surface area contributed by atoms with E-state index in [1.165, 1.54) is 10.9 Å². The Labute approximate surface area is 198 Å². The van der Waals surface area contributed by atoms with Crippen LogP contribution < -0.4 is 5.32 Å². The highest BCUT2D eigenvalue weighted by atomic mass is 32.1. The highest BCUT2D eigenvalue weighted by Crippen LogP contribution is 2.34. The lowest BCUT2D eigenvalue weighted by Gasteiger charge is -2.20. The summed E-state index contributed by atoms with van der Waals surface area (Å²) in [5, 5.41) is 15.9. The van der Waals surface area contributed by atoms with E-state index in [2.05, 4.69) is 83.1 Å². The van der Waals surface area contributed by atoms with Crippen molar-refractivity contribution in [2.75, 3.05) is 6.54 Å². The van der Waals surface area contributed by atoms with Gasteiger partial charge in [0.05, 0.1) is 23.2 Å². The summed E-state index contributed by atoms with van der Waals surface area (Å²) in [6, 6.07) is 33.7. The van der Waals surface area contributed by atoms with Gasteiger partial charge in [0.15, 0.2) is 0 Å². The van der Waals surface area contributed by atoms with Gasteiger partial charge in [-0.05, 0) is 46.0 Å². The number of benzene rings is 4. The zero-order chi connectivity index (χ0) is 22.5. The standard InChI is InChI=1S/C29H23N3S/c30-18-24-14-13-23(17-27(24)26-12-6-10-22-9-4-5-11-25(22)26)29(28-19-31-20-33-28)32-16-15-21-7-2-1-3-8-21/h1-14,17,19-20,29,32H,15-16H2. The maximum atomic E-state index is 9.86. The van der Waals surface area contributed by atoms with Gasteiger partial charge in [-0.3, -0.25) is 4.98 Å². The van der Waals surface area contributed by atoms with E-state index in [4.69, 9.17) is 0 Å². The molecule has 1 unspecified atom stereocenters. The van der Waals surface area contributed by atoms with Gasteiger partial charge < -0.3 is 5.32 Å². The van der Waals surface area contributed by atoms with Crippen molar-refractivity contribution >= 4 is 22.1 Å². The van der Waals surface area contributed by atoms with E-state index in [-0.39, 0.29) is 6.04 Å². The molecule has 4 aromatic carbocycles. The summed E-state index contributed by atoms with van der Waals surface area (Å²) in [6.07, 6.45) is 2.88. The minimum Gasteiger partial charge on any atom is -0.305 e. The van der Waals surface area contributed by atoms with Crippen LogP contribution in [0.2, 0.25) is 0 Å². The first-order valence-corrected chi connectivity index (χ1v) is 11.9. The van der Waals surface area contributed by atoms with E-state index in [1.54, 1.807) is 11.3 Å². The monoisotopic (exact) mass is 445 g/mol. The molecule has 3 nitrogen and oxygen atoms in total. The first-order chi connectivity index (χ1) is 16.3. The van der Waals surface area contributed by atoms with Gasteiger partial charge in [0.25, 0.3) is 0 Å². The van der Waals surface area contributed by atoms with E-state index in [1.807, 2.05) is 36.0 Å². The maximum Gasteiger partial charge on any atom is 0.0998 e. The fourth-order valence-corrected chi connectivity index (χ4v) is 5.00. The molecular formula is C29H23N3S. The molecule has 0 aliphatic heterocycles. The van der Waals surface area contributed by atoms with Gasteiger partial charge in [-0.15, -0.1) is 11.3 Å². The molecule has 0 aliphatic carbocycles. The summed E-state index contributed by atoms with van der Waals surface area (Å²) in [5.74, 6) is 0. The Morgan fingerprint density at radius 2 is 1.70 bits per heavy atom. The van der Waals surface area contributed by atoms with Crippen molar-refractivity contribution < 1.29 is 0 Å². The van der Waals surface area contributed by atoms with Crippen LogP contribution in [-0.2, 0) is 6.42 Å². The first kappa shape index (κ1) is 21.1. The van der Waals surface area contributed by atoms with Crippen LogP contribution in [0.5, 0.6) is 0 Å². The second-order valence-corrected chi connectivity index (χ2v) is 8.89. The van der Waals surface area contributed by atoms with Crippen molar-refractivity contribution in [3.05, 3.63) is 124 Å². The molecule has 1 aromatic heterocycles. The van der Waals surface area contributed by atoms with E-state index < -0.39 is 0 Å². The smallest absolute Gasteiger partial charge is 0.0998 e. The molecule has 1 heterocycles. The first-order valence-electron chi connectivity index (χ1n) is 11.0. The quantitative estimate of drug-likeness (QED) is 0.301. The van der Waals surface area contributed by atoms with E-state index in [0.29, 0.717) is 5.56 Å². The van der Waals surface area contributed by atoms with Crippen LogP contribution in [0.1, 0.15) is 27.6 Å². The molecule has 1 atom stereocenters. The lowest BCUT2D eigenvalue weighted by molar-refractivity contribution is 0.613. The lowest BCUT2D eigenvalue weighted by atomic mass is 9.91. The van der Waals surface area contributed by atoms with Crippen LogP contribution in [0, 0.1) is 11.3 Å². The third-order valence-electron chi connectivity index (χ3n) is 5.92. The summed E-state index contributed by atoms with van der Waals surface area (Å²) in [5.41, 5.74) is 7.04. The molecule has 1 N–H and O–H groups in total. The highest BCUT2D eigenvalue weighted by molar-refractivity contribution is 7.09. The Morgan fingerprint density at radius 3 is 2.52 bits per heavy atom. The summed E-state index contributed by atoms with van der Waals surface area (Å²) < 4.78 is 0. The fourth-order valence-electron chi connectivity index (χ4n) is 4.28. The van der Waals surface area contributed by atoms with Crippen molar-refractivity contribution in [3.63, 3.8) is 0 Å². The molecule has 5 rings (SSSR count). The molecule has 160 valence electrons. The average Bonchev–Trinajstić information content (AvgIpc) is 3.41. The van der Waals surface area contributed by atoms with Crippen LogP contribution in [0.4, 0.5) is 0 Å². The van der Waals surface area contributed by atoms with Gasteiger partial charge in [0.2, 0.25) is 0 Å². The molecule has 0 spiro atoms. The summed E-state index contributed by atoms with van der Waals surface area (Å²) in [7, 11) is 0. The van der Waals surface area contributed by atoms with Gasteiger partial charge in [0.1, 0.15) is 0 Å². The predicted octanol–water partition coefficient (Wildman–Crippen LogP) is 6.76. The molecule has 0 saturated carbocycles. The van der Waals surface area contributed by atoms with Crippen molar-refractivity contribution in [1.29, 1.82) is 5.26 Å². The van der Waals surface area contributed by atoms with Crippen molar-refractivity contribution in [3.8, 4) is 17.2 Å². The van der Waals surface area contributed by atoms with Gasteiger partial charge >= 0.3 is 0 Å². The highest BCUT2D eigenvalue weighted by Gasteiger charge is 2.18. The van der Waals surface area contributed by atoms with Crippen molar-refractivity contribution in [2.45, 2.75) is 12.5 Å². The third-order valence-corrected chi connectivity index (χ3v) is 6.76. The molecule has 0 fully saturated rings. The van der Waals surface area contributed by atoms with Gasteiger partial charge in [0, 0.05) is 23.2 Å². The van der Waals surface area contributed by atoms with Crippen LogP contribution in [0.3, 0.4) is 0 Å². The number of thiazole rings is 1. The number of fused-ring (bicyclic) bond motifs is 1. The Kier molecular flexibility index (Phi) is 6.25. The summed E-state index contributed by atoms with van der Waals surface area (Å²) >= 11 is 1.65. The largest absolute Gasteiger partial charge is 0.305 e. The summed E-state index contributed by atoms with van der Waals surface area (Å²) in [6.45, 7) is 0.843. The number of nitrogens with one attached hydrogen (secondary N) is 1. The summed E-state index contributed by atoms with van der Waals surface area (Å²) in [4.78, 5) is 5.48. The molecule has 5 aromatic rings. The predicted molar refractivity (Wildman–Crippen MR) is 136 cm³/mol. The number of nitriles is 1. The fraction of sp³-hybridized carbons (Fsp3) is 0.103. The van der Waals surface area contributed by atoms with E-state index >= 15 is 0 Å². The minimum absolute atomic E-state index is 0.0164. The molecule has 0 aliphatic rings. The maximum absolute atomic E-state index is 9.86. The molecule has 0 amide bonds. The van der Waals surface area contributed by atoms with Crippen LogP contribution in [0.25, 0.3) is 21.9 Å². The van der Waals surface area contributed by atoms with Gasteiger partial charge in [-0.2, -0.15) is 5.26 Å². The number of hydrogen-bond acceptors (Lipinski definition) is 4. The molecular weight excluding hydrogens is 422 g/mol. The number of rotatable bonds is 7. The van der Waals surface area contributed by atoms with Crippen LogP contribution >= 0.6 is 11.3 Å². The molecule has 33 heavy (non-hydrogen) atoms.